The Bertz CT molecular complexity index is 2410. The molecule has 1 fully saturated rings. The van der Waals surface area contributed by atoms with Crippen molar-refractivity contribution in [2.24, 2.45) is 11.8 Å². The van der Waals surface area contributed by atoms with Crippen LogP contribution in [-0.2, 0) is 50.8 Å². The lowest BCUT2D eigenvalue weighted by Gasteiger charge is -2.26. The van der Waals surface area contributed by atoms with Crippen LogP contribution in [0.25, 0.3) is 0 Å². The van der Waals surface area contributed by atoms with Gasteiger partial charge in [-0.05, 0) is 42.2 Å². The number of hydrogen-bond donors (Lipinski definition) is 8. The molecule has 4 amide bonds. The lowest BCUT2D eigenvalue weighted by molar-refractivity contribution is -0.147. The van der Waals surface area contributed by atoms with E-state index in [0.29, 0.717) is 19.3 Å². The molecule has 6 unspecified atom stereocenters. The highest BCUT2D eigenvalue weighted by Crippen LogP contribution is 2.18. The summed E-state index contributed by atoms with van der Waals surface area (Å²) in [5.41, 5.74) is 1.96. The van der Waals surface area contributed by atoms with Gasteiger partial charge < -0.3 is 60.3 Å². The molecular formula is C57H84B2N8O14. The quantitative estimate of drug-likeness (QED) is 0.0194. The monoisotopic (exact) mass is 1130 g/mol. The van der Waals surface area contributed by atoms with Crippen LogP contribution in [-0.4, -0.2) is 153 Å². The van der Waals surface area contributed by atoms with Crippen LogP contribution < -0.4 is 21.3 Å². The summed E-state index contributed by atoms with van der Waals surface area (Å²) in [6.07, 6.45) is 18.5. The number of nitrogens with one attached hydrogen (secondary N) is 4. The first-order valence-corrected chi connectivity index (χ1v) is 27.9. The molecule has 1 aliphatic rings. The van der Waals surface area contributed by atoms with Gasteiger partial charge >= 0.3 is 26.2 Å². The second-order valence-electron chi connectivity index (χ2n) is 20.5. The number of rotatable bonds is 32. The van der Waals surface area contributed by atoms with Crippen LogP contribution in [0.2, 0.25) is 0 Å². The maximum absolute atomic E-state index is 13.4. The highest BCUT2D eigenvalue weighted by molar-refractivity contribution is 6.47. The summed E-state index contributed by atoms with van der Waals surface area (Å²) in [6.45, 7) is 11.3. The fraction of sp³-hybridized carbons (Fsp3) is 0.544. The molecule has 2 aromatic heterocycles. The average Bonchev–Trinajstić information content (AvgIpc) is 3.94. The highest BCUT2D eigenvalue weighted by atomic mass is 16.7. The van der Waals surface area contributed by atoms with Gasteiger partial charge in [-0.15, -0.1) is 0 Å². The molecule has 442 valence electrons. The number of ether oxygens (including phenoxy) is 2. The van der Waals surface area contributed by atoms with E-state index in [2.05, 4.69) is 48.1 Å². The number of nitrogens with zero attached hydrogens (tertiary/aromatic N) is 4. The van der Waals surface area contributed by atoms with Gasteiger partial charge in [0, 0.05) is 51.0 Å². The van der Waals surface area contributed by atoms with Crippen LogP contribution in [0.4, 0.5) is 0 Å². The van der Waals surface area contributed by atoms with Gasteiger partial charge in [-0.2, -0.15) is 0 Å². The Labute approximate surface area is 477 Å². The molecule has 0 radical (unpaired) electrons. The summed E-state index contributed by atoms with van der Waals surface area (Å²) in [7, 11) is -2.39. The molecule has 2 aromatic carbocycles. The van der Waals surface area contributed by atoms with E-state index in [1.165, 1.54) is 82.6 Å². The number of esters is 2. The van der Waals surface area contributed by atoms with Crippen molar-refractivity contribution >= 4 is 49.8 Å². The third-order valence-corrected chi connectivity index (χ3v) is 12.3. The molecule has 3 heterocycles. The fourth-order valence-electron chi connectivity index (χ4n) is 8.19. The summed E-state index contributed by atoms with van der Waals surface area (Å²) in [5, 5.41) is 47.8. The zero-order chi connectivity index (χ0) is 59.4. The number of aliphatic hydroxyl groups excluding tert-OH is 2. The van der Waals surface area contributed by atoms with Gasteiger partial charge in [-0.1, -0.05) is 140 Å². The van der Waals surface area contributed by atoms with Crippen LogP contribution in [0, 0.1) is 11.8 Å². The molecular weight excluding hydrogens is 1040 g/mol. The van der Waals surface area contributed by atoms with Crippen LogP contribution in [0.15, 0.2) is 97.8 Å². The smallest absolute Gasteiger partial charge is 0.463 e. The number of carbonyl (C=O) groups is 6. The van der Waals surface area contributed by atoms with Gasteiger partial charge in [-0.25, -0.2) is 9.97 Å². The van der Waals surface area contributed by atoms with Gasteiger partial charge in [0.15, 0.2) is 0 Å². The molecule has 1 saturated heterocycles. The Morgan fingerprint density at radius 2 is 1.20 bits per heavy atom. The first-order chi connectivity index (χ1) is 38.9. The molecule has 24 heteroatoms. The molecule has 81 heavy (non-hydrogen) atoms. The Balaban J connectivity index is 0.000000336. The molecule has 1 aliphatic heterocycles. The largest absolute Gasteiger partial charge is 0.481 e. The van der Waals surface area contributed by atoms with Gasteiger partial charge in [0.2, 0.25) is 11.8 Å². The number of carbonyl (C=O) groups excluding carboxylic acids is 6. The van der Waals surface area contributed by atoms with Crippen molar-refractivity contribution in [3.8, 4) is 0 Å². The van der Waals surface area contributed by atoms with E-state index in [1.807, 2.05) is 88.4 Å². The maximum Gasteiger partial charge on any atom is 0.481 e. The minimum atomic E-state index is -1.69. The van der Waals surface area contributed by atoms with Crippen LogP contribution in [0.3, 0.4) is 0 Å². The zero-order valence-corrected chi connectivity index (χ0v) is 47.7. The van der Waals surface area contributed by atoms with Gasteiger partial charge in [0.05, 0.1) is 43.6 Å². The minimum absolute atomic E-state index is 0.0823. The molecule has 0 saturated carbocycles. The van der Waals surface area contributed by atoms with Crippen molar-refractivity contribution in [1.29, 1.82) is 0 Å². The number of hydrogen-bond acceptors (Lipinski definition) is 18. The molecule has 0 aliphatic carbocycles. The van der Waals surface area contributed by atoms with Gasteiger partial charge in [0.1, 0.15) is 42.8 Å². The van der Waals surface area contributed by atoms with Crippen molar-refractivity contribution in [2.45, 2.75) is 161 Å². The number of aromatic nitrogens is 4. The third-order valence-electron chi connectivity index (χ3n) is 12.3. The normalized spacial score (nSPS) is 14.6. The second-order valence-corrected chi connectivity index (χ2v) is 20.5. The SMILES string of the molecule is CC(=O)OCC1COB(C(CC(C)C)NC(=O)C(Cc2ccccc2)NC(=O)c2cnccn2)O1.CC(C)CC(NC(=O)C(Cc1ccccc1)NC(=O)c1cnccn1)B(O)O.CCCCCCCCCCC(=O)OCC(O)CO. The van der Waals surface area contributed by atoms with E-state index in [1.54, 1.807) is 0 Å². The fourth-order valence-corrected chi connectivity index (χ4v) is 8.19. The Morgan fingerprint density at radius 3 is 1.65 bits per heavy atom. The first-order valence-electron chi connectivity index (χ1n) is 27.9. The number of aliphatic hydroxyl groups is 2. The van der Waals surface area contributed by atoms with E-state index in [-0.39, 0.29) is 74.4 Å². The molecule has 4 aromatic rings. The lowest BCUT2D eigenvalue weighted by Crippen LogP contribution is -2.55. The lowest BCUT2D eigenvalue weighted by atomic mass is 9.74. The highest BCUT2D eigenvalue weighted by Gasteiger charge is 2.41. The summed E-state index contributed by atoms with van der Waals surface area (Å²) in [5.74, 6) is -3.49. The van der Waals surface area contributed by atoms with E-state index >= 15 is 0 Å². The maximum atomic E-state index is 13.4. The standard InChI is InChI=1S/C24H31BN4O6.C19H25BN4O4.C14H28O4/c1-16(2)11-22(25-34-15-19(35-25)14-33-17(3)30)29-23(31)20(12-18-7-5-4-6-8-18)28-24(32)21-13-26-9-10-27-21;1-13(2)10-17(20(27)28)24-18(25)15(11-14-6-4-3-5-7-14)23-19(26)16-12-21-8-9-22-16;1-2-3-4-5-6-7-8-9-10-14(17)18-12-13(16)11-15/h4-10,13,16,19-20,22H,11-12,14-15H2,1-3H3,(H,28,32)(H,29,31);3-9,12-13,15,17,27-28H,10-11H2,1-2H3,(H,23,26)(H,24,25);13,15-16H,2-12H2,1H3. The minimum Gasteiger partial charge on any atom is -0.463 e. The Morgan fingerprint density at radius 1 is 0.691 bits per heavy atom. The molecule has 5 rings (SSSR count). The van der Waals surface area contributed by atoms with Gasteiger partial charge in [-0.3, -0.25) is 38.7 Å². The summed E-state index contributed by atoms with van der Waals surface area (Å²) in [6, 6.07) is 16.9. The van der Waals surface area contributed by atoms with Crippen molar-refractivity contribution in [3.05, 3.63) is 120 Å². The van der Waals surface area contributed by atoms with E-state index in [0.717, 1.165) is 24.0 Å². The molecule has 0 spiro atoms. The predicted molar refractivity (Wildman–Crippen MR) is 304 cm³/mol. The van der Waals surface area contributed by atoms with E-state index in [4.69, 9.17) is 29.0 Å². The van der Waals surface area contributed by atoms with Crippen LogP contribution in [0.1, 0.15) is 144 Å². The summed E-state index contributed by atoms with van der Waals surface area (Å²) < 4.78 is 21.5. The Hall–Kier alpha value is -6.69. The van der Waals surface area contributed by atoms with Crippen molar-refractivity contribution in [1.82, 2.24) is 41.2 Å². The molecule has 6 atom stereocenters. The van der Waals surface area contributed by atoms with E-state index < -0.39 is 74.1 Å². The van der Waals surface area contributed by atoms with Crippen molar-refractivity contribution in [2.75, 3.05) is 26.4 Å². The average molecular weight is 1130 g/mol. The summed E-state index contributed by atoms with van der Waals surface area (Å²) >= 11 is 0. The predicted octanol–water partition coefficient (Wildman–Crippen LogP) is 4.13. The van der Waals surface area contributed by atoms with Crippen LogP contribution in [0.5, 0.6) is 0 Å². The topological polar surface area (TPSA) is 320 Å². The van der Waals surface area contributed by atoms with Crippen molar-refractivity contribution in [3.63, 3.8) is 0 Å². The van der Waals surface area contributed by atoms with Crippen molar-refractivity contribution < 1.29 is 67.8 Å². The number of unbranched alkanes of at least 4 members (excludes halogenated alkanes) is 7. The zero-order valence-electron chi connectivity index (χ0n) is 47.7. The Kier molecular flexibility index (Phi) is 33.6. The summed E-state index contributed by atoms with van der Waals surface area (Å²) in [4.78, 5) is 89.5. The van der Waals surface area contributed by atoms with Gasteiger partial charge in [0.25, 0.3) is 11.8 Å². The van der Waals surface area contributed by atoms with Crippen LogP contribution >= 0.6 is 0 Å². The second kappa shape index (κ2) is 39.7. The molecule has 22 nitrogen and oxygen atoms in total. The first kappa shape index (κ1) is 68.6. The molecule has 8 N–H and O–H groups in total. The third kappa shape index (κ3) is 29.6. The number of benzene rings is 2. The molecule has 0 bridgehead atoms. The van der Waals surface area contributed by atoms with E-state index in [9.17, 15) is 38.8 Å². The number of amides is 4.